The first-order chi connectivity index (χ1) is 15.9. The molecule has 3 aliphatic rings. The molecule has 0 aliphatic carbocycles. The lowest BCUT2D eigenvalue weighted by Crippen LogP contribution is -2.59. The van der Waals surface area contributed by atoms with Crippen LogP contribution >= 0.6 is 0 Å². The van der Waals surface area contributed by atoms with E-state index in [-0.39, 0.29) is 18.0 Å². The second kappa shape index (κ2) is 11.0. The maximum atomic E-state index is 13.5. The quantitative estimate of drug-likeness (QED) is 0.753. The van der Waals surface area contributed by atoms with Crippen LogP contribution in [-0.2, 0) is 16.1 Å². The van der Waals surface area contributed by atoms with Crippen molar-refractivity contribution in [1.29, 1.82) is 0 Å². The van der Waals surface area contributed by atoms with Gasteiger partial charge in [-0.25, -0.2) is 0 Å². The van der Waals surface area contributed by atoms with Crippen LogP contribution in [0.3, 0.4) is 0 Å². The van der Waals surface area contributed by atoms with Gasteiger partial charge in [0.15, 0.2) is 0 Å². The van der Waals surface area contributed by atoms with Crippen molar-refractivity contribution >= 4 is 11.8 Å². The minimum atomic E-state index is 0.175. The normalized spacial score (nSPS) is 32.4. The van der Waals surface area contributed by atoms with Gasteiger partial charge >= 0.3 is 0 Å². The zero-order chi connectivity index (χ0) is 23.4. The highest BCUT2D eigenvalue weighted by molar-refractivity contribution is 5.77. The van der Waals surface area contributed by atoms with E-state index in [2.05, 4.69) is 46.9 Å². The maximum absolute atomic E-state index is 13.5. The largest absolute Gasteiger partial charge is 0.353 e. The standard InChI is InChI=1S/C27H42N4O2/c1-19(2)24-10-9-20(3)12-27(33)31-17-22-13-23(25(31)7-4-8-26(32)29-24)18-30(16-22)15-21-6-5-11-28-14-21/h5-6,11,14,19-20,22-25H,4,7-10,12-13,15-18H2,1-3H3,(H,29,32)/t20-,22+,23+,24+,25+/m1/s1. The van der Waals surface area contributed by atoms with E-state index in [0.29, 0.717) is 42.4 Å². The molecule has 1 N–H and O–H groups in total. The van der Waals surface area contributed by atoms with Crippen LogP contribution in [0.4, 0.5) is 0 Å². The molecule has 0 unspecified atom stereocenters. The number of fused-ring (bicyclic) bond motifs is 4. The first-order valence-electron chi connectivity index (χ1n) is 13.1. The number of hydrogen-bond donors (Lipinski definition) is 1. The van der Waals surface area contributed by atoms with Crippen molar-refractivity contribution in [2.24, 2.45) is 23.7 Å². The lowest BCUT2D eigenvalue weighted by Gasteiger charge is -2.51. The van der Waals surface area contributed by atoms with Gasteiger partial charge in [0.05, 0.1) is 0 Å². The number of nitrogens with one attached hydrogen (secondary N) is 1. The molecular formula is C27H42N4O2. The maximum Gasteiger partial charge on any atom is 0.223 e. The molecule has 0 aromatic carbocycles. The van der Waals surface area contributed by atoms with Gasteiger partial charge in [0.1, 0.15) is 0 Å². The fraction of sp³-hybridized carbons (Fsp3) is 0.741. The van der Waals surface area contributed by atoms with Crippen LogP contribution in [0.1, 0.15) is 71.3 Å². The monoisotopic (exact) mass is 454 g/mol. The predicted octanol–water partition coefficient (Wildman–Crippen LogP) is 3.86. The smallest absolute Gasteiger partial charge is 0.223 e. The lowest BCUT2D eigenvalue weighted by atomic mass is 9.77. The van der Waals surface area contributed by atoms with Crippen LogP contribution in [0, 0.1) is 23.7 Å². The molecule has 2 bridgehead atoms. The van der Waals surface area contributed by atoms with Crippen LogP contribution in [0.2, 0.25) is 0 Å². The molecule has 182 valence electrons. The molecule has 6 nitrogen and oxygen atoms in total. The van der Waals surface area contributed by atoms with E-state index in [1.165, 1.54) is 12.0 Å². The number of hydrogen-bond acceptors (Lipinski definition) is 4. The Labute approximate surface area is 199 Å². The number of amides is 2. The van der Waals surface area contributed by atoms with Crippen molar-refractivity contribution in [2.45, 2.75) is 84.3 Å². The summed E-state index contributed by atoms with van der Waals surface area (Å²) in [7, 11) is 0. The molecule has 3 saturated heterocycles. The zero-order valence-electron chi connectivity index (χ0n) is 20.7. The molecule has 33 heavy (non-hydrogen) atoms. The number of aromatic nitrogens is 1. The van der Waals surface area contributed by atoms with E-state index < -0.39 is 0 Å². The van der Waals surface area contributed by atoms with Gasteiger partial charge in [-0.2, -0.15) is 0 Å². The van der Waals surface area contributed by atoms with E-state index in [4.69, 9.17) is 0 Å². The fourth-order valence-corrected chi connectivity index (χ4v) is 6.29. The van der Waals surface area contributed by atoms with Gasteiger partial charge in [-0.15, -0.1) is 0 Å². The summed E-state index contributed by atoms with van der Waals surface area (Å²) >= 11 is 0. The Balaban J connectivity index is 1.47. The molecule has 1 aromatic rings. The molecule has 2 amide bonds. The third-order valence-corrected chi connectivity index (χ3v) is 8.04. The van der Waals surface area contributed by atoms with E-state index in [0.717, 1.165) is 51.9 Å². The van der Waals surface area contributed by atoms with Gasteiger partial charge in [-0.05, 0) is 67.4 Å². The van der Waals surface area contributed by atoms with Gasteiger partial charge in [0, 0.05) is 63.5 Å². The SMILES string of the molecule is CC(C)[C@@H]1CC[C@@H](C)CC(=O)N2C[C@H]3C[C@@H](CN(Cc4cccnc4)C3)[C@@H]2CCCC(=O)N1. The summed E-state index contributed by atoms with van der Waals surface area (Å²) in [5.74, 6) is 2.31. The topological polar surface area (TPSA) is 65.5 Å². The third-order valence-electron chi connectivity index (χ3n) is 8.04. The highest BCUT2D eigenvalue weighted by Gasteiger charge is 2.42. The molecule has 4 rings (SSSR count). The van der Waals surface area contributed by atoms with Crippen molar-refractivity contribution in [2.75, 3.05) is 19.6 Å². The summed E-state index contributed by atoms with van der Waals surface area (Å²) in [5, 5.41) is 3.28. The first-order valence-corrected chi connectivity index (χ1v) is 13.1. The van der Waals surface area contributed by atoms with Crippen molar-refractivity contribution in [3.8, 4) is 0 Å². The zero-order valence-corrected chi connectivity index (χ0v) is 20.7. The van der Waals surface area contributed by atoms with Gasteiger partial charge in [-0.1, -0.05) is 26.8 Å². The minimum absolute atomic E-state index is 0.175. The average molecular weight is 455 g/mol. The summed E-state index contributed by atoms with van der Waals surface area (Å²) in [4.78, 5) is 35.2. The highest BCUT2D eigenvalue weighted by Crippen LogP contribution is 2.37. The van der Waals surface area contributed by atoms with Gasteiger partial charge in [0.2, 0.25) is 11.8 Å². The second-order valence-corrected chi connectivity index (χ2v) is 11.2. The molecule has 3 fully saturated rings. The number of nitrogens with zero attached hydrogens (tertiary/aromatic N) is 3. The molecule has 0 spiro atoms. The van der Waals surface area contributed by atoms with Gasteiger partial charge in [0.25, 0.3) is 0 Å². The fourth-order valence-electron chi connectivity index (χ4n) is 6.29. The van der Waals surface area contributed by atoms with Crippen LogP contribution < -0.4 is 5.32 Å². The summed E-state index contributed by atoms with van der Waals surface area (Å²) in [5.41, 5.74) is 1.26. The molecule has 5 atom stereocenters. The molecule has 6 heteroatoms. The Morgan fingerprint density at radius 2 is 2.00 bits per heavy atom. The summed E-state index contributed by atoms with van der Waals surface area (Å²) < 4.78 is 0. The summed E-state index contributed by atoms with van der Waals surface area (Å²) in [6.07, 6.45) is 9.91. The number of carbonyl (C=O) groups excluding carboxylic acids is 2. The Morgan fingerprint density at radius 3 is 2.76 bits per heavy atom. The van der Waals surface area contributed by atoms with Crippen molar-refractivity contribution < 1.29 is 9.59 Å². The first kappa shape index (κ1) is 24.2. The minimum Gasteiger partial charge on any atom is -0.353 e. The third kappa shape index (κ3) is 6.34. The molecule has 3 aliphatic heterocycles. The van der Waals surface area contributed by atoms with E-state index in [1.807, 2.05) is 18.5 Å². The Bertz CT molecular complexity index is 799. The van der Waals surface area contributed by atoms with Crippen LogP contribution in [0.5, 0.6) is 0 Å². The van der Waals surface area contributed by atoms with E-state index in [9.17, 15) is 9.59 Å². The molecule has 0 radical (unpaired) electrons. The highest BCUT2D eigenvalue weighted by atomic mass is 16.2. The van der Waals surface area contributed by atoms with Crippen molar-refractivity contribution in [3.63, 3.8) is 0 Å². The molecule has 1 aromatic heterocycles. The lowest BCUT2D eigenvalue weighted by molar-refractivity contribution is -0.142. The van der Waals surface area contributed by atoms with Gasteiger partial charge < -0.3 is 10.2 Å². The number of piperidine rings is 2. The van der Waals surface area contributed by atoms with Crippen LogP contribution in [0.15, 0.2) is 24.5 Å². The molecule has 0 saturated carbocycles. The summed E-state index contributed by atoms with van der Waals surface area (Å²) in [6, 6.07) is 4.62. The average Bonchev–Trinajstić information content (AvgIpc) is 2.78. The van der Waals surface area contributed by atoms with E-state index >= 15 is 0 Å². The molecule has 4 heterocycles. The van der Waals surface area contributed by atoms with E-state index in [1.54, 1.807) is 0 Å². The predicted molar refractivity (Wildman–Crippen MR) is 130 cm³/mol. The Morgan fingerprint density at radius 1 is 1.15 bits per heavy atom. The van der Waals surface area contributed by atoms with Crippen LogP contribution in [0.25, 0.3) is 0 Å². The molecular weight excluding hydrogens is 412 g/mol. The number of rotatable bonds is 3. The van der Waals surface area contributed by atoms with Crippen molar-refractivity contribution in [1.82, 2.24) is 20.1 Å². The number of likely N-dealkylation sites (tertiary alicyclic amines) is 1. The summed E-state index contributed by atoms with van der Waals surface area (Å²) in [6.45, 7) is 10.4. The second-order valence-electron chi connectivity index (χ2n) is 11.2. The van der Waals surface area contributed by atoms with Gasteiger partial charge in [-0.3, -0.25) is 19.5 Å². The van der Waals surface area contributed by atoms with Crippen molar-refractivity contribution in [3.05, 3.63) is 30.1 Å². The van der Waals surface area contributed by atoms with Crippen LogP contribution in [-0.4, -0.2) is 58.3 Å². The Kier molecular flexibility index (Phi) is 8.05. The Hall–Kier alpha value is -1.95. The number of carbonyl (C=O) groups is 2. The number of pyridine rings is 1.